The van der Waals surface area contributed by atoms with Crippen LogP contribution in [0.2, 0.25) is 0 Å². The summed E-state index contributed by atoms with van der Waals surface area (Å²) in [5, 5.41) is 2.85. The van der Waals surface area contributed by atoms with E-state index in [1.807, 2.05) is 12.1 Å². The van der Waals surface area contributed by atoms with Gasteiger partial charge < -0.3 is 10.2 Å². The fourth-order valence-corrected chi connectivity index (χ4v) is 4.70. The van der Waals surface area contributed by atoms with E-state index in [4.69, 9.17) is 0 Å². The molecule has 0 saturated carbocycles. The molecule has 8 heteroatoms. The van der Waals surface area contributed by atoms with Gasteiger partial charge in [-0.15, -0.1) is 0 Å². The molecule has 0 unspecified atom stereocenters. The summed E-state index contributed by atoms with van der Waals surface area (Å²) >= 11 is 0. The van der Waals surface area contributed by atoms with E-state index in [2.05, 4.69) is 15.2 Å². The lowest BCUT2D eigenvalue weighted by Gasteiger charge is -2.35. The summed E-state index contributed by atoms with van der Waals surface area (Å²) in [7, 11) is -2.96. The molecule has 0 spiro atoms. The van der Waals surface area contributed by atoms with Crippen LogP contribution >= 0.6 is 0 Å². The predicted octanol–water partition coefficient (Wildman–Crippen LogP) is 0.0959. The summed E-state index contributed by atoms with van der Waals surface area (Å²) < 4.78 is 22.9. The van der Waals surface area contributed by atoms with Crippen molar-refractivity contribution in [3.05, 3.63) is 30.1 Å². The molecule has 0 aromatic carbocycles. The first-order valence-electron chi connectivity index (χ1n) is 7.89. The molecule has 23 heavy (non-hydrogen) atoms. The fourth-order valence-electron chi connectivity index (χ4n) is 3.03. The van der Waals surface area contributed by atoms with Gasteiger partial charge in [0, 0.05) is 51.2 Å². The minimum absolute atomic E-state index is 0.0702. The molecule has 3 rings (SSSR count). The van der Waals surface area contributed by atoms with Crippen LogP contribution in [0.4, 0.5) is 4.79 Å². The van der Waals surface area contributed by atoms with Crippen molar-refractivity contribution < 1.29 is 13.2 Å². The van der Waals surface area contributed by atoms with E-state index in [1.54, 1.807) is 17.3 Å². The first kappa shape index (κ1) is 16.2. The summed E-state index contributed by atoms with van der Waals surface area (Å²) in [4.78, 5) is 20.3. The van der Waals surface area contributed by atoms with Crippen LogP contribution < -0.4 is 5.32 Å². The van der Waals surface area contributed by atoms with Crippen LogP contribution in [-0.4, -0.2) is 73.0 Å². The van der Waals surface area contributed by atoms with Gasteiger partial charge in [0.05, 0.1) is 11.5 Å². The average Bonchev–Trinajstić information content (AvgIpc) is 2.88. The van der Waals surface area contributed by atoms with Gasteiger partial charge in [-0.05, 0) is 24.1 Å². The van der Waals surface area contributed by atoms with E-state index >= 15 is 0 Å². The Bertz CT molecular complexity index is 642. The average molecular weight is 338 g/mol. The molecule has 1 N–H and O–H groups in total. The highest BCUT2D eigenvalue weighted by atomic mass is 32.2. The zero-order valence-electron chi connectivity index (χ0n) is 13.0. The van der Waals surface area contributed by atoms with Gasteiger partial charge in [0.1, 0.15) is 0 Å². The molecule has 2 amide bonds. The highest BCUT2D eigenvalue weighted by Gasteiger charge is 2.30. The number of urea groups is 1. The SMILES string of the molecule is O=C(N[C@@H]1CCS(=O)(=O)C1)N1CCN(Cc2ccncc2)CC1. The summed E-state index contributed by atoms with van der Waals surface area (Å²) in [6.45, 7) is 3.82. The second-order valence-corrected chi connectivity index (χ2v) is 8.40. The number of rotatable bonds is 3. The van der Waals surface area contributed by atoms with Crippen molar-refractivity contribution in [1.82, 2.24) is 20.1 Å². The number of nitrogens with zero attached hydrogens (tertiary/aromatic N) is 3. The third-order valence-electron chi connectivity index (χ3n) is 4.38. The number of piperazine rings is 1. The normalized spacial score (nSPS) is 24.5. The summed E-state index contributed by atoms with van der Waals surface area (Å²) in [6, 6.07) is 3.62. The minimum Gasteiger partial charge on any atom is -0.334 e. The molecule has 3 heterocycles. The monoisotopic (exact) mass is 338 g/mol. The first-order valence-corrected chi connectivity index (χ1v) is 9.71. The first-order chi connectivity index (χ1) is 11.0. The summed E-state index contributed by atoms with van der Waals surface area (Å²) in [6.07, 6.45) is 4.10. The van der Waals surface area contributed by atoms with Crippen molar-refractivity contribution >= 4 is 15.9 Å². The predicted molar refractivity (Wildman–Crippen MR) is 86.7 cm³/mol. The molecule has 7 nitrogen and oxygen atoms in total. The van der Waals surface area contributed by atoms with E-state index in [0.717, 1.165) is 19.6 Å². The number of carbonyl (C=O) groups is 1. The highest BCUT2D eigenvalue weighted by molar-refractivity contribution is 7.91. The second kappa shape index (κ2) is 6.84. The third kappa shape index (κ3) is 4.42. The van der Waals surface area contributed by atoms with E-state index in [0.29, 0.717) is 19.5 Å². The number of hydrogen-bond acceptors (Lipinski definition) is 5. The van der Waals surface area contributed by atoms with Crippen LogP contribution in [0.25, 0.3) is 0 Å². The Morgan fingerprint density at radius 3 is 2.52 bits per heavy atom. The molecular formula is C15H22N4O3S. The maximum absolute atomic E-state index is 12.2. The maximum Gasteiger partial charge on any atom is 0.317 e. The van der Waals surface area contributed by atoms with Gasteiger partial charge in [0.15, 0.2) is 9.84 Å². The van der Waals surface area contributed by atoms with Crippen LogP contribution in [0.5, 0.6) is 0 Å². The molecule has 2 aliphatic rings. The highest BCUT2D eigenvalue weighted by Crippen LogP contribution is 2.13. The van der Waals surface area contributed by atoms with Crippen LogP contribution in [0, 0.1) is 0 Å². The maximum atomic E-state index is 12.2. The van der Waals surface area contributed by atoms with Gasteiger partial charge in [-0.3, -0.25) is 9.88 Å². The zero-order valence-corrected chi connectivity index (χ0v) is 13.8. The number of sulfone groups is 1. The van der Waals surface area contributed by atoms with Gasteiger partial charge in [0.25, 0.3) is 0 Å². The largest absolute Gasteiger partial charge is 0.334 e. The number of carbonyl (C=O) groups excluding carboxylic acids is 1. The molecule has 126 valence electrons. The summed E-state index contributed by atoms with van der Waals surface area (Å²) in [5.74, 6) is 0.248. The topological polar surface area (TPSA) is 82.6 Å². The van der Waals surface area contributed by atoms with Crippen molar-refractivity contribution in [3.8, 4) is 0 Å². The fraction of sp³-hybridized carbons (Fsp3) is 0.600. The standard InChI is InChI=1S/C15H22N4O3S/c20-15(17-14-3-10-23(21,22)12-14)19-8-6-18(7-9-19)11-13-1-4-16-5-2-13/h1-2,4-5,14H,3,6-12H2,(H,17,20)/t14-/m1/s1. The van der Waals surface area contributed by atoms with E-state index in [9.17, 15) is 13.2 Å². The van der Waals surface area contributed by atoms with Gasteiger partial charge >= 0.3 is 6.03 Å². The molecule has 0 aliphatic carbocycles. The molecule has 1 atom stereocenters. The quantitative estimate of drug-likeness (QED) is 0.845. The van der Waals surface area contributed by atoms with Crippen LogP contribution in [0.1, 0.15) is 12.0 Å². The Morgan fingerprint density at radius 2 is 1.91 bits per heavy atom. The van der Waals surface area contributed by atoms with Crippen LogP contribution in [-0.2, 0) is 16.4 Å². The van der Waals surface area contributed by atoms with E-state index in [1.165, 1.54) is 5.56 Å². The number of amides is 2. The molecule has 0 radical (unpaired) electrons. The van der Waals surface area contributed by atoms with E-state index < -0.39 is 9.84 Å². The van der Waals surface area contributed by atoms with Crippen molar-refractivity contribution in [2.75, 3.05) is 37.7 Å². The number of nitrogens with one attached hydrogen (secondary N) is 1. The minimum atomic E-state index is -2.96. The van der Waals surface area contributed by atoms with Gasteiger partial charge in [-0.2, -0.15) is 0 Å². The van der Waals surface area contributed by atoms with Crippen molar-refractivity contribution in [3.63, 3.8) is 0 Å². The van der Waals surface area contributed by atoms with E-state index in [-0.39, 0.29) is 23.6 Å². The molecule has 1 aromatic rings. The van der Waals surface area contributed by atoms with Crippen LogP contribution in [0.3, 0.4) is 0 Å². The summed E-state index contributed by atoms with van der Waals surface area (Å²) in [5.41, 5.74) is 1.22. The Kier molecular flexibility index (Phi) is 4.82. The van der Waals surface area contributed by atoms with Crippen molar-refractivity contribution in [2.24, 2.45) is 0 Å². The lowest BCUT2D eigenvalue weighted by Crippen LogP contribution is -2.53. The van der Waals surface area contributed by atoms with Crippen molar-refractivity contribution in [2.45, 2.75) is 19.0 Å². The molecule has 1 aromatic heterocycles. The van der Waals surface area contributed by atoms with Gasteiger partial charge in [-0.1, -0.05) is 0 Å². The van der Waals surface area contributed by atoms with Crippen molar-refractivity contribution in [1.29, 1.82) is 0 Å². The Morgan fingerprint density at radius 1 is 1.22 bits per heavy atom. The Hall–Kier alpha value is -1.67. The lowest BCUT2D eigenvalue weighted by atomic mass is 10.2. The molecule has 2 aliphatic heterocycles. The number of aromatic nitrogens is 1. The molecule has 0 bridgehead atoms. The Balaban J connectivity index is 1.44. The third-order valence-corrected chi connectivity index (χ3v) is 6.14. The molecular weight excluding hydrogens is 316 g/mol. The molecule has 2 saturated heterocycles. The second-order valence-electron chi connectivity index (χ2n) is 6.17. The number of hydrogen-bond donors (Lipinski definition) is 1. The van der Waals surface area contributed by atoms with Gasteiger partial charge in [0.2, 0.25) is 0 Å². The Labute approximate surface area is 136 Å². The lowest BCUT2D eigenvalue weighted by molar-refractivity contribution is 0.134. The molecule has 2 fully saturated rings. The smallest absolute Gasteiger partial charge is 0.317 e. The van der Waals surface area contributed by atoms with Crippen LogP contribution in [0.15, 0.2) is 24.5 Å². The van der Waals surface area contributed by atoms with Gasteiger partial charge in [-0.25, -0.2) is 13.2 Å². The zero-order chi connectivity index (χ0) is 16.3. The number of pyridine rings is 1.